The predicted octanol–water partition coefficient (Wildman–Crippen LogP) is 2.99. The van der Waals surface area contributed by atoms with E-state index in [-0.39, 0.29) is 11.8 Å². The third kappa shape index (κ3) is 2.90. The van der Waals surface area contributed by atoms with Gasteiger partial charge in [0.05, 0.1) is 11.2 Å². The van der Waals surface area contributed by atoms with Crippen molar-refractivity contribution in [3.05, 3.63) is 23.2 Å². The molecule has 1 aliphatic heterocycles. The van der Waals surface area contributed by atoms with Crippen LogP contribution in [0.5, 0.6) is 0 Å². The second-order valence-corrected chi connectivity index (χ2v) is 7.52. The summed E-state index contributed by atoms with van der Waals surface area (Å²) in [6.45, 7) is 8.00. The van der Waals surface area contributed by atoms with Crippen molar-refractivity contribution in [2.24, 2.45) is 5.92 Å². The number of carbonyl (C=O) groups excluding carboxylic acids is 1. The highest BCUT2D eigenvalue weighted by Gasteiger charge is 2.52. The second-order valence-electron chi connectivity index (χ2n) is 7.08. The third-order valence-electron chi connectivity index (χ3n) is 4.73. The first kappa shape index (κ1) is 15.8. The van der Waals surface area contributed by atoms with Crippen LogP contribution in [0.25, 0.3) is 0 Å². The van der Waals surface area contributed by atoms with E-state index in [4.69, 9.17) is 20.9 Å². The smallest absolute Gasteiger partial charge is 0.399 e. The summed E-state index contributed by atoms with van der Waals surface area (Å²) >= 11 is 6.13. The lowest BCUT2D eigenvalue weighted by Crippen LogP contribution is -2.41. The minimum atomic E-state index is -0.543. The van der Waals surface area contributed by atoms with Gasteiger partial charge in [-0.3, -0.25) is 4.79 Å². The van der Waals surface area contributed by atoms with Gasteiger partial charge in [-0.2, -0.15) is 0 Å². The van der Waals surface area contributed by atoms with E-state index in [9.17, 15) is 4.79 Å². The minimum absolute atomic E-state index is 0.0556. The predicted molar refractivity (Wildman–Crippen MR) is 88.5 cm³/mol. The Morgan fingerprint density at radius 1 is 1.23 bits per heavy atom. The molecule has 0 atom stereocenters. The van der Waals surface area contributed by atoms with Gasteiger partial charge in [-0.25, -0.2) is 0 Å². The van der Waals surface area contributed by atoms with Gasteiger partial charge in [0.25, 0.3) is 0 Å². The number of anilines is 1. The SMILES string of the molecule is CC1(C)OB(c2cc(Cl)ccc2NC(=O)C2CC2)OC1(C)C. The molecule has 4 nitrogen and oxygen atoms in total. The molecule has 1 aliphatic carbocycles. The van der Waals surface area contributed by atoms with Crippen molar-refractivity contribution in [2.75, 3.05) is 5.32 Å². The highest BCUT2D eigenvalue weighted by molar-refractivity contribution is 6.64. The van der Waals surface area contributed by atoms with Crippen molar-refractivity contribution in [2.45, 2.75) is 51.7 Å². The zero-order chi connectivity index (χ0) is 16.1. The number of nitrogens with one attached hydrogen (secondary N) is 1. The molecule has 118 valence electrons. The van der Waals surface area contributed by atoms with Gasteiger partial charge in [-0.1, -0.05) is 11.6 Å². The summed E-state index contributed by atoms with van der Waals surface area (Å²) in [5.41, 5.74) is 0.607. The van der Waals surface area contributed by atoms with E-state index in [1.165, 1.54) is 0 Å². The standard InChI is InChI=1S/C16H21BClNO3/c1-15(2)16(3,4)22-17(21-15)12-9-11(18)7-8-13(12)19-14(20)10-5-6-10/h7-10H,5-6H2,1-4H3,(H,19,20). The molecular formula is C16H21BClNO3. The van der Waals surface area contributed by atoms with Gasteiger partial charge in [0.15, 0.2) is 0 Å². The van der Waals surface area contributed by atoms with E-state index in [0.717, 1.165) is 18.3 Å². The Labute approximate surface area is 136 Å². The molecule has 3 rings (SSSR count). The molecule has 1 amide bonds. The Hall–Kier alpha value is -1.04. The highest BCUT2D eigenvalue weighted by atomic mass is 35.5. The Balaban J connectivity index is 1.89. The molecule has 2 fully saturated rings. The molecule has 1 aromatic rings. The Kier molecular flexibility index (Phi) is 3.79. The van der Waals surface area contributed by atoms with Crippen LogP contribution in [0.2, 0.25) is 5.02 Å². The molecule has 0 radical (unpaired) electrons. The van der Waals surface area contributed by atoms with Crippen molar-refractivity contribution in [1.29, 1.82) is 0 Å². The van der Waals surface area contributed by atoms with E-state index in [2.05, 4.69) is 5.32 Å². The summed E-state index contributed by atoms with van der Waals surface area (Å²) in [6, 6.07) is 5.37. The van der Waals surface area contributed by atoms with E-state index in [1.54, 1.807) is 12.1 Å². The third-order valence-corrected chi connectivity index (χ3v) is 4.96. The van der Waals surface area contributed by atoms with Crippen molar-refractivity contribution in [3.63, 3.8) is 0 Å². The molecule has 1 heterocycles. The van der Waals surface area contributed by atoms with Crippen LogP contribution in [-0.2, 0) is 14.1 Å². The number of amides is 1. The lowest BCUT2D eigenvalue weighted by atomic mass is 9.77. The van der Waals surface area contributed by atoms with Crippen LogP contribution in [-0.4, -0.2) is 24.2 Å². The molecule has 6 heteroatoms. The van der Waals surface area contributed by atoms with E-state index in [0.29, 0.717) is 10.7 Å². The number of benzene rings is 1. The molecule has 0 bridgehead atoms. The van der Waals surface area contributed by atoms with Crippen LogP contribution in [0.3, 0.4) is 0 Å². The largest absolute Gasteiger partial charge is 0.497 e. The lowest BCUT2D eigenvalue weighted by molar-refractivity contribution is -0.117. The number of hydrogen-bond acceptors (Lipinski definition) is 3. The van der Waals surface area contributed by atoms with Crippen LogP contribution in [0, 0.1) is 5.92 Å². The van der Waals surface area contributed by atoms with Gasteiger partial charge in [0.2, 0.25) is 5.91 Å². The first-order valence-corrected chi connectivity index (χ1v) is 8.03. The molecule has 1 saturated carbocycles. The van der Waals surface area contributed by atoms with Gasteiger partial charge in [0, 0.05) is 22.1 Å². The number of carbonyl (C=O) groups is 1. The van der Waals surface area contributed by atoms with Gasteiger partial charge in [-0.15, -0.1) is 0 Å². The minimum Gasteiger partial charge on any atom is -0.399 e. The van der Waals surface area contributed by atoms with Crippen molar-refractivity contribution < 1.29 is 14.1 Å². The summed E-state index contributed by atoms with van der Waals surface area (Å²) in [5, 5.41) is 3.57. The molecule has 22 heavy (non-hydrogen) atoms. The number of halogens is 1. The zero-order valence-electron chi connectivity index (χ0n) is 13.4. The molecule has 1 aromatic carbocycles. The van der Waals surface area contributed by atoms with E-state index in [1.807, 2.05) is 33.8 Å². The van der Waals surface area contributed by atoms with Crippen LogP contribution in [0.15, 0.2) is 18.2 Å². The van der Waals surface area contributed by atoms with E-state index >= 15 is 0 Å². The van der Waals surface area contributed by atoms with E-state index < -0.39 is 18.3 Å². The maximum Gasteiger partial charge on any atom is 0.497 e. The lowest BCUT2D eigenvalue weighted by Gasteiger charge is -2.32. The van der Waals surface area contributed by atoms with Crippen LogP contribution < -0.4 is 10.8 Å². The summed E-state index contributed by atoms with van der Waals surface area (Å²) < 4.78 is 12.1. The van der Waals surface area contributed by atoms with Gasteiger partial charge in [-0.05, 0) is 58.7 Å². The maximum absolute atomic E-state index is 12.1. The van der Waals surface area contributed by atoms with Crippen LogP contribution in [0.1, 0.15) is 40.5 Å². The normalized spacial score (nSPS) is 22.7. The van der Waals surface area contributed by atoms with Crippen molar-refractivity contribution >= 4 is 35.8 Å². The van der Waals surface area contributed by atoms with Gasteiger partial charge in [0.1, 0.15) is 0 Å². The molecule has 0 unspecified atom stereocenters. The number of hydrogen-bond donors (Lipinski definition) is 1. The Morgan fingerprint density at radius 3 is 2.36 bits per heavy atom. The monoisotopic (exact) mass is 321 g/mol. The maximum atomic E-state index is 12.1. The summed E-state index contributed by atoms with van der Waals surface area (Å²) in [5.74, 6) is 0.196. The highest BCUT2D eigenvalue weighted by Crippen LogP contribution is 2.37. The molecule has 1 saturated heterocycles. The van der Waals surface area contributed by atoms with Gasteiger partial charge < -0.3 is 14.6 Å². The van der Waals surface area contributed by atoms with Gasteiger partial charge >= 0.3 is 7.12 Å². The fourth-order valence-electron chi connectivity index (χ4n) is 2.39. The molecule has 1 N–H and O–H groups in total. The summed E-state index contributed by atoms with van der Waals surface area (Å²) in [7, 11) is -0.543. The fourth-order valence-corrected chi connectivity index (χ4v) is 2.57. The average molecular weight is 322 g/mol. The van der Waals surface area contributed by atoms with Crippen molar-refractivity contribution in [1.82, 2.24) is 0 Å². The first-order chi connectivity index (χ1) is 10.2. The fraction of sp³-hybridized carbons (Fsp3) is 0.562. The van der Waals surface area contributed by atoms with Crippen molar-refractivity contribution in [3.8, 4) is 0 Å². The van der Waals surface area contributed by atoms with Crippen LogP contribution in [0.4, 0.5) is 5.69 Å². The number of rotatable bonds is 3. The molecule has 0 spiro atoms. The second kappa shape index (κ2) is 5.26. The average Bonchev–Trinajstić information content (AvgIpc) is 3.20. The molecule has 0 aromatic heterocycles. The zero-order valence-corrected chi connectivity index (χ0v) is 14.2. The first-order valence-electron chi connectivity index (χ1n) is 7.65. The Bertz CT molecular complexity index is 597. The van der Waals surface area contributed by atoms with Crippen LogP contribution >= 0.6 is 11.6 Å². The topological polar surface area (TPSA) is 47.6 Å². The summed E-state index contributed by atoms with van der Waals surface area (Å²) in [6.07, 6.45) is 1.93. The quantitative estimate of drug-likeness (QED) is 0.871. The molecule has 2 aliphatic rings. The molecular weight excluding hydrogens is 300 g/mol. The summed E-state index contributed by atoms with van der Waals surface area (Å²) in [4.78, 5) is 12.1. The Morgan fingerprint density at radius 2 is 1.82 bits per heavy atom.